The van der Waals surface area contributed by atoms with Crippen LogP contribution >= 0.6 is 7.82 Å². The maximum atomic E-state index is 12.7. The molecule has 8 nitrogen and oxygen atoms in total. The van der Waals surface area contributed by atoms with Crippen molar-refractivity contribution >= 4 is 13.7 Å². The second-order valence-electron chi connectivity index (χ2n) is 14.3. The van der Waals surface area contributed by atoms with Gasteiger partial charge in [-0.1, -0.05) is 147 Å². The van der Waals surface area contributed by atoms with E-state index < -0.39 is 26.6 Å². The van der Waals surface area contributed by atoms with E-state index in [0.717, 1.165) is 38.5 Å². The summed E-state index contributed by atoms with van der Waals surface area (Å²) in [6.07, 6.45) is 33.8. The lowest BCUT2D eigenvalue weighted by atomic mass is 10.1. The zero-order valence-electron chi connectivity index (χ0n) is 31.2. The lowest BCUT2D eigenvalue weighted by Crippen LogP contribution is -2.45. The highest BCUT2D eigenvalue weighted by atomic mass is 31.2. The van der Waals surface area contributed by atoms with Gasteiger partial charge in [-0.25, -0.2) is 0 Å². The Morgan fingerprint density at radius 3 is 1.72 bits per heavy atom. The van der Waals surface area contributed by atoms with Crippen molar-refractivity contribution in [2.45, 2.75) is 174 Å². The van der Waals surface area contributed by atoms with Crippen molar-refractivity contribution in [2.75, 3.05) is 40.9 Å². The van der Waals surface area contributed by atoms with Crippen LogP contribution in [-0.2, 0) is 18.4 Å². The van der Waals surface area contributed by atoms with Crippen molar-refractivity contribution in [1.82, 2.24) is 5.32 Å². The van der Waals surface area contributed by atoms with Crippen molar-refractivity contribution in [1.29, 1.82) is 0 Å². The largest absolute Gasteiger partial charge is 0.756 e. The molecule has 0 aromatic heterocycles. The van der Waals surface area contributed by atoms with Crippen molar-refractivity contribution < 1.29 is 32.9 Å². The molecule has 0 radical (unpaired) electrons. The summed E-state index contributed by atoms with van der Waals surface area (Å²) in [4.78, 5) is 25.0. The van der Waals surface area contributed by atoms with Gasteiger partial charge in [-0.05, 0) is 32.1 Å². The van der Waals surface area contributed by atoms with E-state index in [1.807, 2.05) is 27.2 Å². The Morgan fingerprint density at radius 1 is 0.723 bits per heavy atom. The van der Waals surface area contributed by atoms with Gasteiger partial charge in [0.05, 0.1) is 39.9 Å². The van der Waals surface area contributed by atoms with Gasteiger partial charge in [-0.3, -0.25) is 9.36 Å². The number of phosphoric acid groups is 1. The number of nitrogens with one attached hydrogen (secondary N) is 1. The summed E-state index contributed by atoms with van der Waals surface area (Å²) in [7, 11) is 1.24. The molecular weight excluding hydrogens is 611 g/mol. The van der Waals surface area contributed by atoms with Crippen LogP contribution in [0.3, 0.4) is 0 Å². The number of rotatable bonds is 34. The first-order valence-electron chi connectivity index (χ1n) is 19.2. The summed E-state index contributed by atoms with van der Waals surface area (Å²) < 4.78 is 23.0. The van der Waals surface area contributed by atoms with Gasteiger partial charge in [0.15, 0.2) is 0 Å². The molecule has 0 aliphatic heterocycles. The molecular formula is C38H75N2O6P. The van der Waals surface area contributed by atoms with E-state index in [-0.39, 0.29) is 12.5 Å². The predicted molar refractivity (Wildman–Crippen MR) is 196 cm³/mol. The van der Waals surface area contributed by atoms with Gasteiger partial charge >= 0.3 is 0 Å². The number of amides is 1. The Kier molecular flexibility index (Phi) is 30.3. The SMILES string of the molecule is CCCCCCCCCCCCC/C=C/CC/C=C/C(O)C(COP(=O)([O-])OCC[N+](C)(C)C)NC(=O)CCCCCCCCCC. The van der Waals surface area contributed by atoms with Crippen LogP contribution in [0.4, 0.5) is 0 Å². The number of quaternary nitrogens is 1. The number of likely N-dealkylation sites (N-methyl/N-ethyl adjacent to an activating group) is 1. The zero-order valence-corrected chi connectivity index (χ0v) is 32.1. The number of allylic oxidation sites excluding steroid dienone is 3. The first-order chi connectivity index (χ1) is 22.5. The normalized spacial score (nSPS) is 15.0. The van der Waals surface area contributed by atoms with E-state index in [4.69, 9.17) is 9.05 Å². The summed E-state index contributed by atoms with van der Waals surface area (Å²) in [5, 5.41) is 13.6. The summed E-state index contributed by atoms with van der Waals surface area (Å²) >= 11 is 0. The standard InChI is InChI=1S/C38H75N2O6P/c1-6-8-10-12-14-16-17-18-19-20-21-22-23-24-25-27-29-31-37(41)36(35-46-47(43,44)45-34-33-40(3,4)5)39-38(42)32-30-28-26-15-13-11-9-7-2/h23-24,29,31,36-37,41H,6-22,25-28,30,32-35H2,1-5H3,(H-,39,42,43,44)/b24-23+,31-29+. The van der Waals surface area contributed by atoms with E-state index in [1.54, 1.807) is 6.08 Å². The van der Waals surface area contributed by atoms with Crippen LogP contribution in [-0.4, -0.2) is 68.5 Å². The Balaban J connectivity index is 4.52. The fourth-order valence-electron chi connectivity index (χ4n) is 5.28. The Labute approximate surface area is 290 Å². The molecule has 2 N–H and O–H groups in total. The van der Waals surface area contributed by atoms with Gasteiger partial charge in [-0.15, -0.1) is 0 Å². The van der Waals surface area contributed by atoms with Crippen LogP contribution in [0.2, 0.25) is 0 Å². The van der Waals surface area contributed by atoms with Crippen LogP contribution in [0.25, 0.3) is 0 Å². The zero-order chi connectivity index (χ0) is 35.1. The van der Waals surface area contributed by atoms with Crippen LogP contribution in [0.5, 0.6) is 0 Å². The second-order valence-corrected chi connectivity index (χ2v) is 15.7. The minimum Gasteiger partial charge on any atom is -0.756 e. The molecule has 0 aromatic carbocycles. The number of carbonyl (C=O) groups excluding carboxylic acids is 1. The quantitative estimate of drug-likeness (QED) is 0.0303. The number of carbonyl (C=O) groups is 1. The molecule has 0 aliphatic rings. The average molecular weight is 687 g/mol. The highest BCUT2D eigenvalue weighted by Gasteiger charge is 2.23. The van der Waals surface area contributed by atoms with Crippen LogP contribution in [0.1, 0.15) is 162 Å². The third-order valence-corrected chi connectivity index (χ3v) is 9.38. The second kappa shape index (κ2) is 31.0. The van der Waals surface area contributed by atoms with Gasteiger partial charge in [0.1, 0.15) is 13.2 Å². The molecule has 0 saturated carbocycles. The molecule has 0 fully saturated rings. The molecule has 9 heteroatoms. The smallest absolute Gasteiger partial charge is 0.268 e. The number of hydrogen-bond acceptors (Lipinski definition) is 6. The van der Waals surface area contributed by atoms with Gasteiger partial charge in [0.25, 0.3) is 7.82 Å². The van der Waals surface area contributed by atoms with E-state index in [1.165, 1.54) is 103 Å². The Morgan fingerprint density at radius 2 is 1.19 bits per heavy atom. The highest BCUT2D eigenvalue weighted by Crippen LogP contribution is 2.38. The average Bonchev–Trinajstić information content (AvgIpc) is 3.01. The van der Waals surface area contributed by atoms with Crippen LogP contribution in [0.15, 0.2) is 24.3 Å². The first kappa shape index (κ1) is 46.0. The number of nitrogens with zero attached hydrogens (tertiary/aromatic N) is 1. The summed E-state index contributed by atoms with van der Waals surface area (Å²) in [6.45, 7) is 4.57. The third-order valence-electron chi connectivity index (χ3n) is 8.41. The van der Waals surface area contributed by atoms with Gasteiger partial charge in [-0.2, -0.15) is 0 Å². The number of aliphatic hydroxyl groups excluding tert-OH is 1. The van der Waals surface area contributed by atoms with Crippen LogP contribution in [0, 0.1) is 0 Å². The van der Waals surface area contributed by atoms with E-state index in [2.05, 4.69) is 31.3 Å². The fourth-order valence-corrected chi connectivity index (χ4v) is 6.01. The van der Waals surface area contributed by atoms with Crippen molar-refractivity contribution in [2.24, 2.45) is 0 Å². The molecule has 0 rings (SSSR count). The van der Waals surface area contributed by atoms with Crippen molar-refractivity contribution in [3.8, 4) is 0 Å². The van der Waals surface area contributed by atoms with Crippen molar-refractivity contribution in [3.63, 3.8) is 0 Å². The molecule has 0 aromatic rings. The predicted octanol–water partition coefficient (Wildman–Crippen LogP) is 9.16. The molecule has 0 aliphatic carbocycles. The summed E-state index contributed by atoms with van der Waals surface area (Å²) in [6, 6.07) is -0.895. The monoisotopic (exact) mass is 687 g/mol. The maximum Gasteiger partial charge on any atom is 0.268 e. The number of hydrogen-bond donors (Lipinski definition) is 2. The highest BCUT2D eigenvalue weighted by molar-refractivity contribution is 7.45. The van der Waals surface area contributed by atoms with Gasteiger partial charge in [0, 0.05) is 6.42 Å². The van der Waals surface area contributed by atoms with E-state index in [0.29, 0.717) is 17.4 Å². The third kappa shape index (κ3) is 33.3. The van der Waals surface area contributed by atoms with Gasteiger partial charge in [0.2, 0.25) is 5.91 Å². The molecule has 278 valence electrons. The topological polar surface area (TPSA) is 108 Å². The lowest BCUT2D eigenvalue weighted by molar-refractivity contribution is -0.870. The maximum absolute atomic E-state index is 12.7. The summed E-state index contributed by atoms with van der Waals surface area (Å²) in [5.41, 5.74) is 0. The Hall–Kier alpha value is -1.02. The molecule has 47 heavy (non-hydrogen) atoms. The summed E-state index contributed by atoms with van der Waals surface area (Å²) in [5.74, 6) is -0.214. The number of unbranched alkanes of at least 4 members (excludes halogenated alkanes) is 19. The minimum absolute atomic E-state index is 0.00498. The molecule has 3 atom stereocenters. The van der Waals surface area contributed by atoms with Crippen LogP contribution < -0.4 is 10.2 Å². The lowest BCUT2D eigenvalue weighted by Gasteiger charge is -2.29. The molecule has 0 bridgehead atoms. The molecule has 0 spiro atoms. The molecule has 0 heterocycles. The molecule has 1 amide bonds. The molecule has 0 saturated heterocycles. The first-order valence-corrected chi connectivity index (χ1v) is 20.7. The Bertz CT molecular complexity index is 829. The van der Waals surface area contributed by atoms with E-state index >= 15 is 0 Å². The molecule has 3 unspecified atom stereocenters. The van der Waals surface area contributed by atoms with Crippen molar-refractivity contribution in [3.05, 3.63) is 24.3 Å². The number of aliphatic hydroxyl groups is 1. The minimum atomic E-state index is -4.58. The fraction of sp³-hybridized carbons (Fsp3) is 0.868. The number of phosphoric ester groups is 1. The van der Waals surface area contributed by atoms with E-state index in [9.17, 15) is 19.4 Å². The van der Waals surface area contributed by atoms with Gasteiger partial charge < -0.3 is 28.8 Å².